The van der Waals surface area contributed by atoms with Crippen molar-refractivity contribution in [3.8, 4) is 0 Å². The Kier molecular flexibility index (Phi) is 6.62. The first-order chi connectivity index (χ1) is 15.6. The van der Waals surface area contributed by atoms with Crippen molar-refractivity contribution in [1.29, 1.82) is 0 Å². The Hall–Kier alpha value is -1.93. The van der Waals surface area contributed by atoms with Crippen LogP contribution < -0.4 is 5.32 Å². The van der Waals surface area contributed by atoms with Crippen molar-refractivity contribution in [3.63, 3.8) is 0 Å². The summed E-state index contributed by atoms with van der Waals surface area (Å²) in [5, 5.41) is 7.11. The highest BCUT2D eigenvalue weighted by molar-refractivity contribution is 7.89. The van der Waals surface area contributed by atoms with E-state index < -0.39 is 10.0 Å². The maximum Gasteiger partial charge on any atom is 0.265 e. The first kappa shape index (κ1) is 24.2. The maximum absolute atomic E-state index is 13.2. The number of sulfonamides is 1. The second-order valence-electron chi connectivity index (χ2n) is 10.7. The standard InChI is InChI=1S/C25H37N3O4S/c1-18-9-10-20(16-21(18)33(30,31)28-13-7-5-6-8-14-28)26-23(29)17-32-27-22-15-19-11-12-25(22,4)24(19,2)3/h9-10,16,19H,5-8,11-15,17H2,1-4H3,(H,26,29)/b27-22+. The van der Waals surface area contributed by atoms with Crippen LogP contribution in [0.4, 0.5) is 5.69 Å². The first-order valence-electron chi connectivity index (χ1n) is 12.2. The highest BCUT2D eigenvalue weighted by Gasteiger charge is 2.60. The Morgan fingerprint density at radius 2 is 1.88 bits per heavy atom. The van der Waals surface area contributed by atoms with Gasteiger partial charge >= 0.3 is 0 Å². The van der Waals surface area contributed by atoms with Crippen molar-refractivity contribution in [3.05, 3.63) is 23.8 Å². The summed E-state index contributed by atoms with van der Waals surface area (Å²) >= 11 is 0. The van der Waals surface area contributed by atoms with Gasteiger partial charge in [-0.15, -0.1) is 0 Å². The number of carbonyl (C=O) groups excluding carboxylic acids is 1. The van der Waals surface area contributed by atoms with Crippen molar-refractivity contribution in [2.24, 2.45) is 21.9 Å². The number of carbonyl (C=O) groups is 1. The second-order valence-corrected chi connectivity index (χ2v) is 12.6. The molecule has 3 aliphatic rings. The number of rotatable bonds is 6. The average molecular weight is 476 g/mol. The predicted octanol–water partition coefficient (Wildman–Crippen LogP) is 4.72. The molecule has 1 aromatic rings. The molecule has 2 unspecified atom stereocenters. The normalized spacial score (nSPS) is 28.6. The molecular weight excluding hydrogens is 438 g/mol. The van der Waals surface area contributed by atoms with Gasteiger partial charge in [-0.3, -0.25) is 4.79 Å². The van der Waals surface area contributed by atoms with Crippen molar-refractivity contribution in [1.82, 2.24) is 4.31 Å². The fraction of sp³-hybridized carbons (Fsp3) is 0.680. The summed E-state index contributed by atoms with van der Waals surface area (Å²) in [4.78, 5) is 18.2. The number of oxime groups is 1. The zero-order valence-corrected chi connectivity index (χ0v) is 21.1. The van der Waals surface area contributed by atoms with Crippen LogP contribution >= 0.6 is 0 Å². The largest absolute Gasteiger partial charge is 0.386 e. The molecule has 7 nitrogen and oxygen atoms in total. The van der Waals surface area contributed by atoms with Crippen LogP contribution in [-0.4, -0.2) is 44.0 Å². The Morgan fingerprint density at radius 1 is 1.18 bits per heavy atom. The number of hydrogen-bond acceptors (Lipinski definition) is 5. The number of hydrogen-bond donors (Lipinski definition) is 1. The monoisotopic (exact) mass is 475 g/mol. The third-order valence-electron chi connectivity index (χ3n) is 8.54. The minimum absolute atomic E-state index is 0.0295. The quantitative estimate of drug-likeness (QED) is 0.603. The maximum atomic E-state index is 13.2. The summed E-state index contributed by atoms with van der Waals surface area (Å²) in [6.07, 6.45) is 7.14. The van der Waals surface area contributed by atoms with Crippen molar-refractivity contribution < 1.29 is 18.0 Å². The van der Waals surface area contributed by atoms with Crippen LogP contribution in [0.2, 0.25) is 0 Å². The van der Waals surface area contributed by atoms with Crippen LogP contribution in [0.1, 0.15) is 71.3 Å². The zero-order chi connectivity index (χ0) is 23.9. The first-order valence-corrected chi connectivity index (χ1v) is 13.6. The molecule has 182 valence electrons. The SMILES string of the molecule is Cc1ccc(NC(=O)CO/N=C2\CC3CCC2(C)C3(C)C)cc1S(=O)(=O)N1CCCCCC1. The van der Waals surface area contributed by atoms with Gasteiger partial charge < -0.3 is 10.2 Å². The van der Waals surface area contributed by atoms with Crippen LogP contribution in [0.15, 0.2) is 28.3 Å². The molecular formula is C25H37N3O4S. The molecule has 1 aromatic carbocycles. The van der Waals surface area contributed by atoms with E-state index in [1.807, 2.05) is 0 Å². The number of nitrogens with one attached hydrogen (secondary N) is 1. The predicted molar refractivity (Wildman–Crippen MR) is 130 cm³/mol. The van der Waals surface area contributed by atoms with Gasteiger partial charge in [0, 0.05) is 24.2 Å². The molecule has 1 N–H and O–H groups in total. The van der Waals surface area contributed by atoms with Crippen LogP contribution in [0, 0.1) is 23.7 Å². The molecule has 8 heteroatoms. The average Bonchev–Trinajstić information content (AvgIpc) is 3.00. The molecule has 0 aromatic heterocycles. The van der Waals surface area contributed by atoms with Gasteiger partial charge in [-0.25, -0.2) is 8.42 Å². The minimum atomic E-state index is -3.60. The van der Waals surface area contributed by atoms with E-state index in [-0.39, 0.29) is 28.2 Å². The summed E-state index contributed by atoms with van der Waals surface area (Å²) < 4.78 is 28.0. The minimum Gasteiger partial charge on any atom is -0.386 e. The molecule has 2 bridgehead atoms. The molecule has 0 radical (unpaired) electrons. The van der Waals surface area contributed by atoms with E-state index in [1.54, 1.807) is 29.4 Å². The van der Waals surface area contributed by atoms with Gasteiger partial charge in [0.2, 0.25) is 10.0 Å². The molecule has 0 spiro atoms. The third kappa shape index (κ3) is 4.44. The topological polar surface area (TPSA) is 88.1 Å². The van der Waals surface area contributed by atoms with E-state index in [1.165, 1.54) is 6.42 Å². The third-order valence-corrected chi connectivity index (χ3v) is 10.6. The highest BCUT2D eigenvalue weighted by atomic mass is 32.2. The van der Waals surface area contributed by atoms with Crippen molar-refractivity contribution in [2.75, 3.05) is 25.0 Å². The lowest BCUT2D eigenvalue weighted by molar-refractivity contribution is -0.120. The summed E-state index contributed by atoms with van der Waals surface area (Å²) in [5.41, 5.74) is 2.41. The molecule has 3 fully saturated rings. The molecule has 2 aliphatic carbocycles. The molecule has 2 atom stereocenters. The van der Waals surface area contributed by atoms with E-state index in [9.17, 15) is 13.2 Å². The second kappa shape index (κ2) is 9.02. The molecule has 33 heavy (non-hydrogen) atoms. The molecule has 1 heterocycles. The van der Waals surface area contributed by atoms with Gasteiger partial charge in [0.1, 0.15) is 0 Å². The van der Waals surface area contributed by atoms with Crippen molar-refractivity contribution in [2.45, 2.75) is 77.5 Å². The molecule has 4 rings (SSSR count). The van der Waals surface area contributed by atoms with Crippen molar-refractivity contribution >= 4 is 27.3 Å². The van der Waals surface area contributed by atoms with E-state index in [0.717, 1.165) is 44.2 Å². The number of amides is 1. The smallest absolute Gasteiger partial charge is 0.265 e. The molecule has 2 saturated carbocycles. The fourth-order valence-electron chi connectivity index (χ4n) is 5.81. The molecule has 1 amide bonds. The lowest BCUT2D eigenvalue weighted by Gasteiger charge is -2.34. The number of fused-ring (bicyclic) bond motifs is 2. The number of benzene rings is 1. The number of nitrogens with zero attached hydrogens (tertiary/aromatic N) is 2. The van der Waals surface area contributed by atoms with Gasteiger partial charge in [-0.1, -0.05) is 44.8 Å². The Bertz CT molecular complexity index is 1040. The fourth-order valence-corrected chi connectivity index (χ4v) is 7.58. The summed E-state index contributed by atoms with van der Waals surface area (Å²) in [6.45, 7) is 9.52. The van der Waals surface area contributed by atoms with Crippen LogP contribution in [0.3, 0.4) is 0 Å². The Morgan fingerprint density at radius 3 is 2.48 bits per heavy atom. The van der Waals surface area contributed by atoms with E-state index in [4.69, 9.17) is 4.84 Å². The van der Waals surface area contributed by atoms with Crippen LogP contribution in [0.5, 0.6) is 0 Å². The molecule has 1 aliphatic heterocycles. The summed E-state index contributed by atoms with van der Waals surface area (Å²) in [7, 11) is -3.60. The van der Waals surface area contributed by atoms with Gasteiger partial charge in [-0.05, 0) is 68.1 Å². The van der Waals surface area contributed by atoms with Gasteiger partial charge in [0.25, 0.3) is 5.91 Å². The van der Waals surface area contributed by atoms with E-state index >= 15 is 0 Å². The lowest BCUT2D eigenvalue weighted by Crippen LogP contribution is -2.32. The van der Waals surface area contributed by atoms with Gasteiger partial charge in [-0.2, -0.15) is 4.31 Å². The lowest BCUT2D eigenvalue weighted by atomic mass is 9.70. The number of aryl methyl sites for hydroxylation is 1. The van der Waals surface area contributed by atoms with Crippen LogP contribution in [-0.2, 0) is 19.7 Å². The molecule has 1 saturated heterocycles. The summed E-state index contributed by atoms with van der Waals surface area (Å²) in [5.74, 6) is 0.268. The number of anilines is 1. The Labute approximate surface area is 198 Å². The van der Waals surface area contributed by atoms with Crippen LogP contribution in [0.25, 0.3) is 0 Å². The summed E-state index contributed by atoms with van der Waals surface area (Å²) in [6, 6.07) is 5.01. The zero-order valence-electron chi connectivity index (χ0n) is 20.3. The Balaban J connectivity index is 1.40. The van der Waals surface area contributed by atoms with E-state index in [2.05, 4.69) is 31.2 Å². The highest BCUT2D eigenvalue weighted by Crippen LogP contribution is 2.64. The van der Waals surface area contributed by atoms with Gasteiger partial charge in [0.05, 0.1) is 10.6 Å². The van der Waals surface area contributed by atoms with E-state index in [0.29, 0.717) is 30.3 Å². The van der Waals surface area contributed by atoms with Gasteiger partial charge in [0.15, 0.2) is 6.61 Å².